The maximum Gasteiger partial charge on any atom is 0.266 e. The highest BCUT2D eigenvalue weighted by molar-refractivity contribution is 8.18. The van der Waals surface area contributed by atoms with Gasteiger partial charge >= 0.3 is 0 Å². The fraction of sp³-hybridized carbons (Fsp3) is 0.172. The van der Waals surface area contributed by atoms with Crippen LogP contribution in [-0.2, 0) is 11.3 Å². The number of aliphatic imine (C=N–C) groups is 1. The number of carbonyl (C=O) groups is 1. The van der Waals surface area contributed by atoms with Crippen molar-refractivity contribution in [3.8, 4) is 0 Å². The molecule has 1 fully saturated rings. The monoisotopic (exact) mass is 499 g/mol. The summed E-state index contributed by atoms with van der Waals surface area (Å²) in [6, 6.07) is 24.3. The van der Waals surface area contributed by atoms with E-state index in [4.69, 9.17) is 16.6 Å². The van der Waals surface area contributed by atoms with Crippen molar-refractivity contribution in [3.63, 3.8) is 0 Å². The van der Waals surface area contributed by atoms with Gasteiger partial charge in [0.05, 0.1) is 10.6 Å². The van der Waals surface area contributed by atoms with Crippen LogP contribution in [0, 0.1) is 13.8 Å². The highest BCUT2D eigenvalue weighted by Crippen LogP contribution is 2.37. The van der Waals surface area contributed by atoms with Crippen LogP contribution in [0.3, 0.4) is 0 Å². The Morgan fingerprint density at radius 1 is 0.971 bits per heavy atom. The lowest BCUT2D eigenvalue weighted by Gasteiger charge is -2.12. The van der Waals surface area contributed by atoms with Crippen LogP contribution in [-0.4, -0.2) is 27.1 Å². The Labute approximate surface area is 214 Å². The van der Waals surface area contributed by atoms with E-state index >= 15 is 0 Å². The molecule has 3 aromatic carbocycles. The van der Waals surface area contributed by atoms with Gasteiger partial charge in [-0.25, -0.2) is 4.99 Å². The van der Waals surface area contributed by atoms with Crippen molar-refractivity contribution in [1.29, 1.82) is 0 Å². The summed E-state index contributed by atoms with van der Waals surface area (Å²) in [6.45, 7) is 7.45. The molecule has 2 heterocycles. The average Bonchev–Trinajstić information content (AvgIpc) is 3.30. The van der Waals surface area contributed by atoms with Gasteiger partial charge in [-0.1, -0.05) is 59.6 Å². The molecule has 0 spiro atoms. The van der Waals surface area contributed by atoms with E-state index in [-0.39, 0.29) is 5.91 Å². The van der Waals surface area contributed by atoms with Crippen molar-refractivity contribution in [2.45, 2.75) is 27.3 Å². The van der Waals surface area contributed by atoms with Crippen LogP contribution in [0.2, 0.25) is 5.02 Å². The molecule has 0 atom stereocenters. The van der Waals surface area contributed by atoms with Crippen LogP contribution < -0.4 is 0 Å². The highest BCUT2D eigenvalue weighted by atomic mass is 35.5. The van der Waals surface area contributed by atoms with Gasteiger partial charge in [0, 0.05) is 40.3 Å². The van der Waals surface area contributed by atoms with Crippen LogP contribution in [0.1, 0.15) is 29.3 Å². The van der Waals surface area contributed by atoms with E-state index in [1.165, 1.54) is 22.9 Å². The lowest BCUT2D eigenvalue weighted by Crippen LogP contribution is -2.28. The van der Waals surface area contributed by atoms with Crippen molar-refractivity contribution >= 4 is 57.1 Å². The minimum atomic E-state index is -0.00251. The summed E-state index contributed by atoms with van der Waals surface area (Å²) in [5.41, 5.74) is 6.53. The molecule has 4 aromatic rings. The zero-order valence-corrected chi connectivity index (χ0v) is 21.5. The number of carbonyl (C=O) groups excluding carboxylic acids is 1. The fourth-order valence-electron chi connectivity index (χ4n) is 4.35. The van der Waals surface area contributed by atoms with Crippen LogP contribution in [0.15, 0.2) is 82.7 Å². The van der Waals surface area contributed by atoms with E-state index in [0.29, 0.717) is 11.4 Å². The van der Waals surface area contributed by atoms with Gasteiger partial charge in [-0.05, 0) is 74.5 Å². The summed E-state index contributed by atoms with van der Waals surface area (Å²) in [4.78, 5) is 20.5. The van der Waals surface area contributed by atoms with Gasteiger partial charge < -0.3 is 4.57 Å². The molecule has 1 aliphatic heterocycles. The molecule has 0 aliphatic carbocycles. The number of halogens is 1. The molecule has 1 aromatic heterocycles. The third-order valence-corrected chi connectivity index (χ3v) is 7.53. The van der Waals surface area contributed by atoms with Crippen LogP contribution >= 0.6 is 23.4 Å². The lowest BCUT2D eigenvalue weighted by molar-refractivity contribution is -0.122. The number of fused-ring (bicyclic) bond motifs is 1. The average molecular weight is 500 g/mol. The maximum absolute atomic E-state index is 13.3. The fourth-order valence-corrected chi connectivity index (χ4v) is 5.52. The highest BCUT2D eigenvalue weighted by Gasteiger charge is 2.32. The summed E-state index contributed by atoms with van der Waals surface area (Å²) in [5.74, 6) is -0.00251. The molecule has 176 valence electrons. The number of thioether (sulfide) groups is 1. The standard InChI is InChI=1S/C29H26ClN3OS/c1-4-32-28(34)27(35-29(32)31-23-15-9-19(2)10-16-23)17-25-20(3)33(26-8-6-5-7-24(25)26)18-21-11-13-22(30)14-12-21/h5-17H,4,18H2,1-3H3/b27-17+,31-29?. The molecule has 1 aliphatic rings. The van der Waals surface area contributed by atoms with Crippen molar-refractivity contribution in [2.75, 3.05) is 6.54 Å². The van der Waals surface area contributed by atoms with Crippen molar-refractivity contribution < 1.29 is 4.79 Å². The zero-order valence-electron chi connectivity index (χ0n) is 20.0. The van der Waals surface area contributed by atoms with E-state index < -0.39 is 0 Å². The number of likely N-dealkylation sites (N-methyl/N-ethyl adjacent to an activating group) is 1. The Kier molecular flexibility index (Phi) is 6.54. The zero-order chi connectivity index (χ0) is 24.5. The lowest BCUT2D eigenvalue weighted by atomic mass is 10.1. The normalized spacial score (nSPS) is 16.2. The Morgan fingerprint density at radius 2 is 1.69 bits per heavy atom. The molecule has 0 bridgehead atoms. The Balaban J connectivity index is 1.55. The first kappa shape index (κ1) is 23.5. The number of aryl methyl sites for hydroxylation is 1. The Bertz CT molecular complexity index is 1470. The van der Waals surface area contributed by atoms with Crippen LogP contribution in [0.5, 0.6) is 0 Å². The summed E-state index contributed by atoms with van der Waals surface area (Å²) < 4.78 is 2.30. The molecule has 4 nitrogen and oxygen atoms in total. The van der Waals surface area contributed by atoms with Crippen molar-refractivity contribution in [1.82, 2.24) is 9.47 Å². The predicted octanol–water partition coefficient (Wildman–Crippen LogP) is 7.58. The van der Waals surface area contributed by atoms with E-state index in [0.717, 1.165) is 44.6 Å². The summed E-state index contributed by atoms with van der Waals surface area (Å²) >= 11 is 7.53. The van der Waals surface area contributed by atoms with Crippen LogP contribution in [0.25, 0.3) is 17.0 Å². The van der Waals surface area contributed by atoms with Crippen molar-refractivity contribution in [2.24, 2.45) is 4.99 Å². The molecule has 5 rings (SSSR count). The summed E-state index contributed by atoms with van der Waals surface area (Å²) in [7, 11) is 0. The second-order valence-electron chi connectivity index (χ2n) is 8.62. The SMILES string of the molecule is CCN1C(=O)/C(=C\c2c(C)n(Cc3ccc(Cl)cc3)c3ccccc23)SC1=Nc1ccc(C)cc1. The molecule has 0 saturated carbocycles. The van der Waals surface area contributed by atoms with Crippen LogP contribution in [0.4, 0.5) is 5.69 Å². The second-order valence-corrected chi connectivity index (χ2v) is 10.1. The molecule has 0 unspecified atom stereocenters. The Hall–Kier alpha value is -3.28. The third-order valence-electron chi connectivity index (χ3n) is 6.27. The molecule has 6 heteroatoms. The number of hydrogen-bond acceptors (Lipinski definition) is 3. The first-order valence-corrected chi connectivity index (χ1v) is 12.8. The van der Waals surface area contributed by atoms with Gasteiger partial charge in [-0.15, -0.1) is 0 Å². The van der Waals surface area contributed by atoms with Gasteiger partial charge in [0.2, 0.25) is 0 Å². The molecular formula is C29H26ClN3OS. The van der Waals surface area contributed by atoms with E-state index in [9.17, 15) is 4.79 Å². The minimum Gasteiger partial charge on any atom is -0.340 e. The third kappa shape index (κ3) is 4.66. The van der Waals surface area contributed by atoms with E-state index in [1.807, 2.05) is 55.5 Å². The summed E-state index contributed by atoms with van der Waals surface area (Å²) in [5, 5.41) is 2.58. The first-order chi connectivity index (χ1) is 16.9. The largest absolute Gasteiger partial charge is 0.340 e. The Morgan fingerprint density at radius 3 is 2.40 bits per heavy atom. The minimum absolute atomic E-state index is 0.00251. The number of nitrogens with zero attached hydrogens (tertiary/aromatic N) is 3. The van der Waals surface area contributed by atoms with Gasteiger partial charge in [0.1, 0.15) is 0 Å². The van der Waals surface area contributed by atoms with Gasteiger partial charge in [-0.3, -0.25) is 9.69 Å². The van der Waals surface area contributed by atoms with E-state index in [1.54, 1.807) is 4.90 Å². The predicted molar refractivity (Wildman–Crippen MR) is 148 cm³/mol. The van der Waals surface area contributed by atoms with Gasteiger partial charge in [0.25, 0.3) is 5.91 Å². The number of benzene rings is 3. The summed E-state index contributed by atoms with van der Waals surface area (Å²) in [6.07, 6.45) is 2.03. The van der Waals surface area contributed by atoms with E-state index in [2.05, 4.69) is 48.7 Å². The van der Waals surface area contributed by atoms with Gasteiger partial charge in [-0.2, -0.15) is 0 Å². The number of hydrogen-bond donors (Lipinski definition) is 0. The first-order valence-electron chi connectivity index (χ1n) is 11.6. The molecule has 1 saturated heterocycles. The maximum atomic E-state index is 13.3. The number of aromatic nitrogens is 1. The smallest absolute Gasteiger partial charge is 0.266 e. The molecule has 35 heavy (non-hydrogen) atoms. The van der Waals surface area contributed by atoms with Gasteiger partial charge in [0.15, 0.2) is 5.17 Å². The number of para-hydroxylation sites is 1. The number of amidine groups is 1. The molecule has 0 N–H and O–H groups in total. The topological polar surface area (TPSA) is 37.6 Å². The second kappa shape index (κ2) is 9.76. The molecule has 0 radical (unpaired) electrons. The quantitative estimate of drug-likeness (QED) is 0.265. The molecule has 1 amide bonds. The number of amides is 1. The molecular weight excluding hydrogens is 474 g/mol. The number of rotatable bonds is 5. The van der Waals surface area contributed by atoms with Crippen molar-refractivity contribution in [3.05, 3.63) is 105 Å².